The van der Waals surface area contributed by atoms with Crippen LogP contribution in [-0.2, 0) is 0 Å². The molecular weight excluding hydrogens is 386 g/mol. The first-order chi connectivity index (χ1) is 15.0. The quantitative estimate of drug-likeness (QED) is 0.567. The summed E-state index contributed by atoms with van der Waals surface area (Å²) >= 11 is 0. The minimum Gasteiger partial charge on any atom is -0.489 e. The van der Waals surface area contributed by atoms with Crippen molar-refractivity contribution in [3.05, 3.63) is 65.9 Å². The van der Waals surface area contributed by atoms with Gasteiger partial charge in [-0.05, 0) is 68.1 Å². The third-order valence-corrected chi connectivity index (χ3v) is 5.86. The molecule has 0 saturated carbocycles. The topological polar surface area (TPSA) is 54.5 Å². The molecular formula is C26H31N3O2. The van der Waals surface area contributed by atoms with E-state index in [4.69, 9.17) is 4.74 Å². The number of rotatable bonds is 7. The van der Waals surface area contributed by atoms with Crippen LogP contribution in [0.25, 0.3) is 10.9 Å². The second kappa shape index (κ2) is 9.48. The lowest BCUT2D eigenvalue weighted by Gasteiger charge is -2.19. The van der Waals surface area contributed by atoms with E-state index in [1.807, 2.05) is 49.4 Å². The molecule has 5 nitrogen and oxygen atoms in total. The molecule has 0 bridgehead atoms. The van der Waals surface area contributed by atoms with Crippen LogP contribution in [0, 0.1) is 12.8 Å². The van der Waals surface area contributed by atoms with Gasteiger partial charge < -0.3 is 10.1 Å². The first-order valence-corrected chi connectivity index (χ1v) is 11.1. The Hall–Kier alpha value is -2.92. The number of benzene rings is 2. The van der Waals surface area contributed by atoms with E-state index >= 15 is 0 Å². The number of pyridine rings is 1. The molecule has 1 atom stereocenters. The number of anilines is 1. The molecule has 1 saturated heterocycles. The number of carbonyl (C=O) groups is 1. The molecule has 31 heavy (non-hydrogen) atoms. The standard InChI is InChI=1S/C26H31N3O2/c1-18(2)10-13-29-14-11-23(17-29)31-25-16-22(8-6-19(25)3)28-26(30)21-7-9-24-20(15-21)5-4-12-27-24/h4-9,12,15-16,18,23H,10-11,13-14,17H2,1-3H3,(H,28,30). The SMILES string of the molecule is Cc1ccc(NC(=O)c2ccc3ncccc3c2)cc1OC1CCN(CCC(C)C)C1. The highest BCUT2D eigenvalue weighted by Crippen LogP contribution is 2.27. The summed E-state index contributed by atoms with van der Waals surface area (Å²) in [5.41, 5.74) is 3.31. The number of ether oxygens (including phenoxy) is 1. The predicted molar refractivity (Wildman–Crippen MR) is 126 cm³/mol. The molecule has 5 heteroatoms. The fraction of sp³-hybridized carbons (Fsp3) is 0.385. The number of carbonyl (C=O) groups excluding carboxylic acids is 1. The van der Waals surface area contributed by atoms with Crippen molar-refractivity contribution < 1.29 is 9.53 Å². The number of nitrogens with one attached hydrogen (secondary N) is 1. The van der Waals surface area contributed by atoms with E-state index < -0.39 is 0 Å². The lowest BCUT2D eigenvalue weighted by atomic mass is 10.1. The molecule has 1 fully saturated rings. The first-order valence-electron chi connectivity index (χ1n) is 11.1. The van der Waals surface area contributed by atoms with E-state index in [-0.39, 0.29) is 12.0 Å². The van der Waals surface area contributed by atoms with Crippen molar-refractivity contribution in [3.8, 4) is 5.75 Å². The molecule has 1 aliphatic heterocycles. The molecule has 1 aliphatic rings. The molecule has 2 aromatic carbocycles. The maximum absolute atomic E-state index is 12.8. The van der Waals surface area contributed by atoms with Crippen LogP contribution in [0.1, 0.15) is 42.6 Å². The minimum absolute atomic E-state index is 0.138. The number of hydrogen-bond donors (Lipinski definition) is 1. The number of fused-ring (bicyclic) bond motifs is 1. The molecule has 1 aromatic heterocycles. The van der Waals surface area contributed by atoms with Crippen LogP contribution in [0.4, 0.5) is 5.69 Å². The van der Waals surface area contributed by atoms with Crippen LogP contribution in [0.3, 0.4) is 0 Å². The van der Waals surface area contributed by atoms with Gasteiger partial charge in [-0.1, -0.05) is 26.0 Å². The van der Waals surface area contributed by atoms with Gasteiger partial charge in [0.25, 0.3) is 5.91 Å². The van der Waals surface area contributed by atoms with E-state index in [0.717, 1.165) is 59.9 Å². The fourth-order valence-corrected chi connectivity index (χ4v) is 3.94. The lowest BCUT2D eigenvalue weighted by Crippen LogP contribution is -2.26. The van der Waals surface area contributed by atoms with E-state index in [1.54, 1.807) is 12.3 Å². The van der Waals surface area contributed by atoms with E-state index in [2.05, 4.69) is 29.0 Å². The van der Waals surface area contributed by atoms with Gasteiger partial charge in [-0.25, -0.2) is 0 Å². The molecule has 3 aromatic rings. The summed E-state index contributed by atoms with van der Waals surface area (Å²) in [6, 6.07) is 15.2. The fourth-order valence-electron chi connectivity index (χ4n) is 3.94. The average Bonchev–Trinajstić information content (AvgIpc) is 3.21. The summed E-state index contributed by atoms with van der Waals surface area (Å²) < 4.78 is 6.33. The van der Waals surface area contributed by atoms with Crippen LogP contribution in [0.5, 0.6) is 5.75 Å². The summed E-state index contributed by atoms with van der Waals surface area (Å²) in [6.07, 6.45) is 4.21. The molecule has 1 amide bonds. The van der Waals surface area contributed by atoms with Gasteiger partial charge in [0.2, 0.25) is 0 Å². The third kappa shape index (κ3) is 5.42. The Morgan fingerprint density at radius 2 is 2.10 bits per heavy atom. The zero-order valence-corrected chi connectivity index (χ0v) is 18.6. The van der Waals surface area contributed by atoms with Crippen molar-refractivity contribution in [2.24, 2.45) is 5.92 Å². The first kappa shape index (κ1) is 21.3. The Kier molecular flexibility index (Phi) is 6.52. The van der Waals surface area contributed by atoms with E-state index in [1.165, 1.54) is 6.42 Å². The largest absolute Gasteiger partial charge is 0.489 e. The number of aromatic nitrogens is 1. The van der Waals surface area contributed by atoms with E-state index in [9.17, 15) is 4.79 Å². The number of hydrogen-bond acceptors (Lipinski definition) is 4. The summed E-state index contributed by atoms with van der Waals surface area (Å²) in [4.78, 5) is 19.6. The summed E-state index contributed by atoms with van der Waals surface area (Å²) in [6.45, 7) is 9.76. The van der Waals surface area contributed by atoms with Gasteiger partial charge in [0, 0.05) is 42.0 Å². The Bertz CT molecular complexity index is 1060. The average molecular weight is 418 g/mol. The van der Waals surface area contributed by atoms with Crippen molar-refractivity contribution in [2.75, 3.05) is 25.0 Å². The Balaban J connectivity index is 1.41. The Labute approximate surface area is 184 Å². The van der Waals surface area contributed by atoms with Gasteiger partial charge in [-0.3, -0.25) is 14.7 Å². The number of likely N-dealkylation sites (tertiary alicyclic amines) is 1. The maximum atomic E-state index is 12.8. The van der Waals surface area contributed by atoms with Crippen molar-refractivity contribution >= 4 is 22.5 Å². The van der Waals surface area contributed by atoms with Crippen LogP contribution in [0.15, 0.2) is 54.7 Å². The molecule has 1 unspecified atom stereocenters. The molecule has 162 valence electrons. The number of nitrogens with zero attached hydrogens (tertiary/aromatic N) is 2. The van der Waals surface area contributed by atoms with Gasteiger partial charge in [-0.15, -0.1) is 0 Å². The highest BCUT2D eigenvalue weighted by Gasteiger charge is 2.24. The third-order valence-electron chi connectivity index (χ3n) is 5.86. The summed E-state index contributed by atoms with van der Waals surface area (Å²) in [5, 5.41) is 3.96. The minimum atomic E-state index is -0.138. The lowest BCUT2D eigenvalue weighted by molar-refractivity contribution is 0.102. The van der Waals surface area contributed by atoms with Crippen molar-refractivity contribution in [2.45, 2.75) is 39.7 Å². The van der Waals surface area contributed by atoms with Crippen LogP contribution < -0.4 is 10.1 Å². The van der Waals surface area contributed by atoms with Crippen LogP contribution in [0.2, 0.25) is 0 Å². The van der Waals surface area contributed by atoms with Gasteiger partial charge in [0.05, 0.1) is 5.52 Å². The zero-order valence-electron chi connectivity index (χ0n) is 18.6. The highest BCUT2D eigenvalue weighted by molar-refractivity contribution is 6.06. The second-order valence-electron chi connectivity index (χ2n) is 8.86. The molecule has 2 heterocycles. The Morgan fingerprint density at radius 3 is 2.94 bits per heavy atom. The van der Waals surface area contributed by atoms with Crippen molar-refractivity contribution in [1.29, 1.82) is 0 Å². The predicted octanol–water partition coefficient (Wildman–Crippen LogP) is 5.29. The number of aryl methyl sites for hydroxylation is 1. The van der Waals surface area contributed by atoms with Gasteiger partial charge in [0.1, 0.15) is 11.9 Å². The van der Waals surface area contributed by atoms with E-state index in [0.29, 0.717) is 5.56 Å². The molecule has 0 spiro atoms. The van der Waals surface area contributed by atoms with Crippen LogP contribution >= 0.6 is 0 Å². The molecule has 4 rings (SSSR count). The monoisotopic (exact) mass is 417 g/mol. The Morgan fingerprint density at radius 1 is 1.23 bits per heavy atom. The summed E-state index contributed by atoms with van der Waals surface area (Å²) in [7, 11) is 0. The molecule has 0 aliphatic carbocycles. The van der Waals surface area contributed by atoms with Gasteiger partial charge >= 0.3 is 0 Å². The van der Waals surface area contributed by atoms with Crippen molar-refractivity contribution in [3.63, 3.8) is 0 Å². The summed E-state index contributed by atoms with van der Waals surface area (Å²) in [5.74, 6) is 1.43. The smallest absolute Gasteiger partial charge is 0.255 e. The van der Waals surface area contributed by atoms with Gasteiger partial charge in [0.15, 0.2) is 0 Å². The highest BCUT2D eigenvalue weighted by atomic mass is 16.5. The van der Waals surface area contributed by atoms with Gasteiger partial charge in [-0.2, -0.15) is 0 Å². The number of amides is 1. The molecule has 0 radical (unpaired) electrons. The molecule has 1 N–H and O–H groups in total. The maximum Gasteiger partial charge on any atom is 0.255 e. The normalized spacial score (nSPS) is 16.7. The zero-order chi connectivity index (χ0) is 21.8. The second-order valence-corrected chi connectivity index (χ2v) is 8.86. The van der Waals surface area contributed by atoms with Crippen molar-refractivity contribution in [1.82, 2.24) is 9.88 Å². The van der Waals surface area contributed by atoms with Crippen LogP contribution in [-0.4, -0.2) is 41.5 Å².